The standard InChI is InChI=1S/C18H25N3O2S/c1-13-15(18(23)21-8-2-3-9-21)5-4-6-16(13)20-17(22)11-14-12-24-10-7-19-14/h4-6,14,19H,2-3,7-12H2,1H3,(H,20,22). The highest BCUT2D eigenvalue weighted by molar-refractivity contribution is 7.99. The van der Waals surface area contributed by atoms with Gasteiger partial charge in [0.25, 0.3) is 5.91 Å². The van der Waals surface area contributed by atoms with Crippen molar-refractivity contribution in [3.8, 4) is 0 Å². The molecular formula is C18H25N3O2S. The van der Waals surface area contributed by atoms with Crippen LogP contribution in [0.2, 0.25) is 0 Å². The Morgan fingerprint density at radius 3 is 2.83 bits per heavy atom. The first kappa shape index (κ1) is 17.3. The maximum Gasteiger partial charge on any atom is 0.254 e. The van der Waals surface area contributed by atoms with Gasteiger partial charge in [-0.25, -0.2) is 0 Å². The lowest BCUT2D eigenvalue weighted by Crippen LogP contribution is -2.40. The van der Waals surface area contributed by atoms with E-state index in [1.807, 2.05) is 41.8 Å². The molecule has 2 fully saturated rings. The van der Waals surface area contributed by atoms with Crippen molar-refractivity contribution >= 4 is 29.3 Å². The number of nitrogens with zero attached hydrogens (tertiary/aromatic N) is 1. The number of likely N-dealkylation sites (tertiary alicyclic amines) is 1. The number of rotatable bonds is 4. The van der Waals surface area contributed by atoms with Crippen molar-refractivity contribution < 1.29 is 9.59 Å². The van der Waals surface area contributed by atoms with Crippen LogP contribution in [0.15, 0.2) is 18.2 Å². The number of benzene rings is 1. The summed E-state index contributed by atoms with van der Waals surface area (Å²) in [6, 6.07) is 5.81. The number of nitrogens with one attached hydrogen (secondary N) is 2. The lowest BCUT2D eigenvalue weighted by Gasteiger charge is -2.23. The lowest BCUT2D eigenvalue weighted by atomic mass is 10.0. The summed E-state index contributed by atoms with van der Waals surface area (Å²) in [5.74, 6) is 2.16. The summed E-state index contributed by atoms with van der Waals surface area (Å²) in [5, 5.41) is 6.36. The van der Waals surface area contributed by atoms with E-state index in [4.69, 9.17) is 0 Å². The summed E-state index contributed by atoms with van der Waals surface area (Å²) in [5.41, 5.74) is 2.29. The molecular weight excluding hydrogens is 322 g/mol. The first-order valence-corrected chi connectivity index (χ1v) is 9.80. The number of amides is 2. The Morgan fingerprint density at radius 2 is 2.12 bits per heavy atom. The minimum absolute atomic E-state index is 0.00358. The molecule has 24 heavy (non-hydrogen) atoms. The van der Waals surface area contributed by atoms with E-state index in [1.54, 1.807) is 0 Å². The number of thioether (sulfide) groups is 1. The Balaban J connectivity index is 1.66. The maximum absolute atomic E-state index is 12.6. The summed E-state index contributed by atoms with van der Waals surface area (Å²) in [7, 11) is 0. The quantitative estimate of drug-likeness (QED) is 0.877. The first-order valence-electron chi connectivity index (χ1n) is 8.65. The second-order valence-corrected chi connectivity index (χ2v) is 7.61. The van der Waals surface area contributed by atoms with Crippen molar-refractivity contribution in [1.29, 1.82) is 0 Å². The van der Waals surface area contributed by atoms with Gasteiger partial charge in [0.05, 0.1) is 0 Å². The second kappa shape index (κ2) is 8.03. The van der Waals surface area contributed by atoms with Crippen LogP contribution in [-0.4, -0.2) is 53.9 Å². The van der Waals surface area contributed by atoms with Crippen LogP contribution in [-0.2, 0) is 4.79 Å². The molecule has 0 saturated carbocycles. The zero-order chi connectivity index (χ0) is 16.9. The van der Waals surface area contributed by atoms with Crippen molar-refractivity contribution in [1.82, 2.24) is 10.2 Å². The fourth-order valence-corrected chi connectivity index (χ4v) is 4.22. The maximum atomic E-state index is 12.6. The van der Waals surface area contributed by atoms with Gasteiger partial charge in [0.2, 0.25) is 5.91 Å². The van der Waals surface area contributed by atoms with Crippen LogP contribution >= 0.6 is 11.8 Å². The average Bonchev–Trinajstić information content (AvgIpc) is 3.11. The molecule has 0 radical (unpaired) electrons. The predicted octanol–water partition coefficient (Wildman–Crippen LogP) is 2.26. The largest absolute Gasteiger partial charge is 0.339 e. The topological polar surface area (TPSA) is 61.4 Å². The first-order chi connectivity index (χ1) is 11.6. The van der Waals surface area contributed by atoms with Gasteiger partial charge < -0.3 is 15.5 Å². The molecule has 2 saturated heterocycles. The average molecular weight is 347 g/mol. The molecule has 130 valence electrons. The fourth-order valence-electron chi connectivity index (χ4n) is 3.27. The van der Waals surface area contributed by atoms with Crippen molar-refractivity contribution in [2.24, 2.45) is 0 Å². The van der Waals surface area contributed by atoms with E-state index in [9.17, 15) is 9.59 Å². The molecule has 2 aliphatic heterocycles. The van der Waals surface area contributed by atoms with Crippen LogP contribution in [0.1, 0.15) is 35.2 Å². The highest BCUT2D eigenvalue weighted by Crippen LogP contribution is 2.22. The summed E-state index contributed by atoms with van der Waals surface area (Å²) in [6.45, 7) is 4.54. The third-order valence-electron chi connectivity index (χ3n) is 4.66. The number of carbonyl (C=O) groups is 2. The number of hydrogen-bond acceptors (Lipinski definition) is 4. The molecule has 0 bridgehead atoms. The summed E-state index contributed by atoms with van der Waals surface area (Å²) in [4.78, 5) is 26.8. The molecule has 1 unspecified atom stereocenters. The SMILES string of the molecule is Cc1c(NC(=O)CC2CSCCN2)cccc1C(=O)N1CCCC1. The van der Waals surface area contributed by atoms with Gasteiger partial charge >= 0.3 is 0 Å². The Labute approximate surface area is 147 Å². The highest BCUT2D eigenvalue weighted by atomic mass is 32.2. The zero-order valence-corrected chi connectivity index (χ0v) is 15.0. The highest BCUT2D eigenvalue weighted by Gasteiger charge is 2.22. The molecule has 6 heteroatoms. The molecule has 0 aromatic heterocycles. The minimum Gasteiger partial charge on any atom is -0.339 e. The van der Waals surface area contributed by atoms with Gasteiger partial charge in [0.15, 0.2) is 0 Å². The second-order valence-electron chi connectivity index (χ2n) is 6.46. The predicted molar refractivity (Wildman–Crippen MR) is 98.7 cm³/mol. The van der Waals surface area contributed by atoms with E-state index in [-0.39, 0.29) is 17.9 Å². The van der Waals surface area contributed by atoms with Gasteiger partial charge in [0.1, 0.15) is 0 Å². The molecule has 2 amide bonds. The third kappa shape index (κ3) is 4.11. The van der Waals surface area contributed by atoms with Crippen molar-refractivity contribution in [3.05, 3.63) is 29.3 Å². The van der Waals surface area contributed by atoms with Gasteiger partial charge in [0, 0.05) is 54.9 Å². The van der Waals surface area contributed by atoms with Gasteiger partial charge in [-0.15, -0.1) is 0 Å². The molecule has 3 rings (SSSR count). The molecule has 0 aliphatic carbocycles. The van der Waals surface area contributed by atoms with Crippen LogP contribution in [0.4, 0.5) is 5.69 Å². The zero-order valence-electron chi connectivity index (χ0n) is 14.1. The third-order valence-corrected chi connectivity index (χ3v) is 5.79. The normalized spacial score (nSPS) is 20.9. The van der Waals surface area contributed by atoms with E-state index in [0.717, 1.165) is 55.2 Å². The van der Waals surface area contributed by atoms with Crippen LogP contribution in [0.5, 0.6) is 0 Å². The van der Waals surface area contributed by atoms with Crippen molar-refractivity contribution in [2.45, 2.75) is 32.2 Å². The van der Waals surface area contributed by atoms with E-state index in [2.05, 4.69) is 10.6 Å². The van der Waals surface area contributed by atoms with Crippen molar-refractivity contribution in [3.63, 3.8) is 0 Å². The van der Waals surface area contributed by atoms with E-state index >= 15 is 0 Å². The van der Waals surface area contributed by atoms with Gasteiger partial charge in [-0.3, -0.25) is 9.59 Å². The Bertz CT molecular complexity index is 608. The molecule has 1 aromatic carbocycles. The van der Waals surface area contributed by atoms with Crippen molar-refractivity contribution in [2.75, 3.05) is 36.5 Å². The Kier molecular flexibility index (Phi) is 5.79. The smallest absolute Gasteiger partial charge is 0.254 e. The van der Waals surface area contributed by atoms with Crippen LogP contribution in [0.3, 0.4) is 0 Å². The number of hydrogen-bond donors (Lipinski definition) is 2. The van der Waals surface area contributed by atoms with E-state index < -0.39 is 0 Å². The fraction of sp³-hybridized carbons (Fsp3) is 0.556. The molecule has 5 nitrogen and oxygen atoms in total. The van der Waals surface area contributed by atoms with Gasteiger partial charge in [-0.1, -0.05) is 6.07 Å². The molecule has 2 aliphatic rings. The molecule has 2 heterocycles. The minimum atomic E-state index is 0.00358. The Hall–Kier alpha value is -1.53. The Morgan fingerprint density at radius 1 is 1.33 bits per heavy atom. The van der Waals surface area contributed by atoms with E-state index in [1.165, 1.54) is 0 Å². The van der Waals surface area contributed by atoms with Gasteiger partial charge in [-0.05, 0) is 37.5 Å². The number of anilines is 1. The van der Waals surface area contributed by atoms with Gasteiger partial charge in [-0.2, -0.15) is 11.8 Å². The van der Waals surface area contributed by atoms with Crippen LogP contribution in [0.25, 0.3) is 0 Å². The van der Waals surface area contributed by atoms with Crippen LogP contribution in [0, 0.1) is 6.92 Å². The summed E-state index contributed by atoms with van der Waals surface area (Å²) < 4.78 is 0. The molecule has 2 N–H and O–H groups in total. The lowest BCUT2D eigenvalue weighted by molar-refractivity contribution is -0.116. The molecule has 1 atom stereocenters. The molecule has 0 spiro atoms. The number of carbonyl (C=O) groups excluding carboxylic acids is 2. The summed E-state index contributed by atoms with van der Waals surface area (Å²) in [6.07, 6.45) is 2.62. The molecule has 1 aromatic rings. The van der Waals surface area contributed by atoms with E-state index in [0.29, 0.717) is 12.0 Å². The van der Waals surface area contributed by atoms with Crippen LogP contribution < -0.4 is 10.6 Å². The monoisotopic (exact) mass is 347 g/mol. The summed E-state index contributed by atoms with van der Waals surface area (Å²) >= 11 is 1.88.